The van der Waals surface area contributed by atoms with Gasteiger partial charge in [-0.2, -0.15) is 0 Å². The number of piperidine rings is 1. The highest BCUT2D eigenvalue weighted by atomic mass is 16.5. The number of ether oxygens (including phenoxy) is 2. The molecule has 0 saturated carbocycles. The van der Waals surface area contributed by atoms with Gasteiger partial charge in [0.05, 0.1) is 12.7 Å². The van der Waals surface area contributed by atoms with Gasteiger partial charge in [-0.15, -0.1) is 0 Å². The van der Waals surface area contributed by atoms with Crippen molar-refractivity contribution in [2.75, 3.05) is 46.0 Å². The summed E-state index contributed by atoms with van der Waals surface area (Å²) in [4.78, 5) is 2.57. The fourth-order valence-corrected chi connectivity index (χ4v) is 2.68. The van der Waals surface area contributed by atoms with Crippen LogP contribution in [-0.4, -0.2) is 57.0 Å². The molecule has 17 heavy (non-hydrogen) atoms. The summed E-state index contributed by atoms with van der Waals surface area (Å²) in [5.74, 6) is 0.768. The van der Waals surface area contributed by atoms with Gasteiger partial charge in [-0.3, -0.25) is 0 Å². The molecule has 2 rings (SSSR count). The Balaban J connectivity index is 1.57. The first kappa shape index (κ1) is 13.3. The van der Waals surface area contributed by atoms with Crippen LogP contribution in [-0.2, 0) is 9.47 Å². The van der Waals surface area contributed by atoms with Crippen LogP contribution in [0, 0.1) is 5.92 Å². The molecule has 0 radical (unpaired) electrons. The molecule has 2 heterocycles. The highest BCUT2D eigenvalue weighted by molar-refractivity contribution is 4.76. The van der Waals surface area contributed by atoms with Crippen molar-refractivity contribution in [3.05, 3.63) is 0 Å². The molecule has 2 N–H and O–H groups in total. The normalized spacial score (nSPS) is 27.7. The molecule has 2 aliphatic rings. The third-order valence-corrected chi connectivity index (χ3v) is 3.78. The minimum Gasteiger partial charge on any atom is -0.381 e. The van der Waals surface area contributed by atoms with Gasteiger partial charge in [0.1, 0.15) is 0 Å². The third kappa shape index (κ3) is 4.54. The van der Waals surface area contributed by atoms with Crippen LogP contribution < -0.4 is 5.73 Å². The molecular formula is C13H26N2O2. The smallest absolute Gasteiger partial charge is 0.0599 e. The predicted octanol–water partition coefficient (Wildman–Crippen LogP) is 0.853. The first-order chi connectivity index (χ1) is 8.38. The van der Waals surface area contributed by atoms with Crippen molar-refractivity contribution in [3.8, 4) is 0 Å². The lowest BCUT2D eigenvalue weighted by atomic mass is 10.0. The van der Waals surface area contributed by atoms with Crippen LogP contribution in [0.2, 0.25) is 0 Å². The number of rotatable bonds is 6. The maximum Gasteiger partial charge on any atom is 0.0599 e. The monoisotopic (exact) mass is 242 g/mol. The van der Waals surface area contributed by atoms with E-state index in [1.54, 1.807) is 0 Å². The highest BCUT2D eigenvalue weighted by Crippen LogP contribution is 2.19. The average molecular weight is 242 g/mol. The van der Waals surface area contributed by atoms with Crippen LogP contribution in [0.4, 0.5) is 0 Å². The topological polar surface area (TPSA) is 47.7 Å². The Morgan fingerprint density at radius 3 is 2.71 bits per heavy atom. The van der Waals surface area contributed by atoms with Crippen LogP contribution in [0.3, 0.4) is 0 Å². The summed E-state index contributed by atoms with van der Waals surface area (Å²) >= 11 is 0. The molecule has 1 unspecified atom stereocenters. The fraction of sp³-hybridized carbons (Fsp3) is 1.00. The molecule has 4 nitrogen and oxygen atoms in total. The molecule has 100 valence electrons. The first-order valence-electron chi connectivity index (χ1n) is 7.00. The predicted molar refractivity (Wildman–Crippen MR) is 68.0 cm³/mol. The fourth-order valence-electron chi connectivity index (χ4n) is 2.68. The Labute approximate surface area is 104 Å². The second kappa shape index (κ2) is 7.31. The molecule has 2 aliphatic heterocycles. The first-order valence-corrected chi connectivity index (χ1v) is 7.00. The molecule has 0 bridgehead atoms. The van der Waals surface area contributed by atoms with E-state index in [-0.39, 0.29) is 0 Å². The Hall–Kier alpha value is -0.160. The van der Waals surface area contributed by atoms with Gasteiger partial charge in [-0.25, -0.2) is 0 Å². The maximum absolute atomic E-state index is 5.81. The summed E-state index contributed by atoms with van der Waals surface area (Å²) in [5.41, 5.74) is 5.46. The van der Waals surface area contributed by atoms with Crippen LogP contribution in [0.15, 0.2) is 0 Å². The van der Waals surface area contributed by atoms with Gasteiger partial charge in [-0.1, -0.05) is 0 Å². The van der Waals surface area contributed by atoms with Crippen molar-refractivity contribution < 1.29 is 9.47 Å². The summed E-state index contributed by atoms with van der Waals surface area (Å²) in [6.45, 7) is 7.08. The lowest BCUT2D eigenvalue weighted by molar-refractivity contribution is 0.00408. The lowest BCUT2D eigenvalue weighted by Gasteiger charge is -2.33. The molecule has 0 spiro atoms. The van der Waals surface area contributed by atoms with Gasteiger partial charge in [0.2, 0.25) is 0 Å². The standard InChI is InChI=1S/C13H26N2O2/c14-5-1-8-17-13-2-6-15(7-3-13)10-12-4-9-16-11-12/h12-13H,1-11,14H2. The second-order valence-electron chi connectivity index (χ2n) is 5.24. The number of nitrogens with zero attached hydrogens (tertiary/aromatic N) is 1. The van der Waals surface area contributed by atoms with Gasteiger partial charge in [0, 0.05) is 32.8 Å². The zero-order chi connectivity index (χ0) is 11.9. The van der Waals surface area contributed by atoms with Crippen molar-refractivity contribution in [1.82, 2.24) is 4.90 Å². The number of hydrogen-bond acceptors (Lipinski definition) is 4. The Kier molecular flexibility index (Phi) is 5.71. The largest absolute Gasteiger partial charge is 0.381 e. The Morgan fingerprint density at radius 2 is 2.06 bits per heavy atom. The minimum absolute atomic E-state index is 0.470. The van der Waals surface area contributed by atoms with Gasteiger partial charge in [0.25, 0.3) is 0 Å². The van der Waals surface area contributed by atoms with Crippen molar-refractivity contribution in [2.45, 2.75) is 31.8 Å². The summed E-state index contributed by atoms with van der Waals surface area (Å²) in [7, 11) is 0. The summed E-state index contributed by atoms with van der Waals surface area (Å²) in [6, 6.07) is 0. The van der Waals surface area contributed by atoms with Crippen molar-refractivity contribution in [2.24, 2.45) is 11.7 Å². The quantitative estimate of drug-likeness (QED) is 0.702. The van der Waals surface area contributed by atoms with E-state index in [0.29, 0.717) is 6.10 Å². The summed E-state index contributed by atoms with van der Waals surface area (Å²) < 4.78 is 11.2. The van der Waals surface area contributed by atoms with Crippen molar-refractivity contribution >= 4 is 0 Å². The molecule has 0 aliphatic carbocycles. The molecule has 0 amide bonds. The highest BCUT2D eigenvalue weighted by Gasteiger charge is 2.23. The second-order valence-corrected chi connectivity index (χ2v) is 5.24. The summed E-state index contributed by atoms with van der Waals surface area (Å²) in [5, 5.41) is 0. The molecule has 1 atom stereocenters. The Bertz CT molecular complexity index is 200. The zero-order valence-corrected chi connectivity index (χ0v) is 10.8. The average Bonchev–Trinajstić information content (AvgIpc) is 2.85. The maximum atomic E-state index is 5.81. The van der Waals surface area contributed by atoms with Crippen LogP contribution in [0.25, 0.3) is 0 Å². The van der Waals surface area contributed by atoms with E-state index >= 15 is 0 Å². The van der Waals surface area contributed by atoms with E-state index in [9.17, 15) is 0 Å². The van der Waals surface area contributed by atoms with Crippen molar-refractivity contribution in [3.63, 3.8) is 0 Å². The number of likely N-dealkylation sites (tertiary alicyclic amines) is 1. The SMILES string of the molecule is NCCCOC1CCN(CC2CCOC2)CC1. The Morgan fingerprint density at radius 1 is 1.24 bits per heavy atom. The number of hydrogen-bond donors (Lipinski definition) is 1. The van der Waals surface area contributed by atoms with E-state index in [1.807, 2.05) is 0 Å². The van der Waals surface area contributed by atoms with Crippen LogP contribution in [0.5, 0.6) is 0 Å². The van der Waals surface area contributed by atoms with E-state index < -0.39 is 0 Å². The van der Waals surface area contributed by atoms with E-state index in [4.69, 9.17) is 15.2 Å². The van der Waals surface area contributed by atoms with Crippen LogP contribution >= 0.6 is 0 Å². The van der Waals surface area contributed by atoms with Crippen LogP contribution in [0.1, 0.15) is 25.7 Å². The lowest BCUT2D eigenvalue weighted by Crippen LogP contribution is -2.40. The van der Waals surface area contributed by atoms with E-state index in [1.165, 1.54) is 38.9 Å². The summed E-state index contributed by atoms with van der Waals surface area (Å²) in [6.07, 6.45) is 5.06. The molecule has 0 aromatic rings. The van der Waals surface area contributed by atoms with E-state index in [0.717, 1.165) is 38.7 Å². The molecule has 0 aromatic heterocycles. The molecule has 2 fully saturated rings. The molecule has 2 saturated heterocycles. The third-order valence-electron chi connectivity index (χ3n) is 3.78. The molecule has 0 aromatic carbocycles. The zero-order valence-electron chi connectivity index (χ0n) is 10.8. The molecule has 4 heteroatoms. The van der Waals surface area contributed by atoms with E-state index in [2.05, 4.69) is 4.90 Å². The minimum atomic E-state index is 0.470. The van der Waals surface area contributed by atoms with Gasteiger partial charge >= 0.3 is 0 Å². The van der Waals surface area contributed by atoms with Gasteiger partial charge < -0.3 is 20.1 Å². The molecular weight excluding hydrogens is 216 g/mol. The van der Waals surface area contributed by atoms with Gasteiger partial charge in [0.15, 0.2) is 0 Å². The van der Waals surface area contributed by atoms with Crippen molar-refractivity contribution in [1.29, 1.82) is 0 Å². The number of nitrogens with two attached hydrogens (primary N) is 1. The van der Waals surface area contributed by atoms with Gasteiger partial charge in [-0.05, 0) is 38.1 Å².